The summed E-state index contributed by atoms with van der Waals surface area (Å²) < 4.78 is 5.56. The second kappa shape index (κ2) is 4.14. The fourth-order valence-electron chi connectivity index (χ4n) is 1.13. The first-order chi connectivity index (χ1) is 6.13. The monoisotopic (exact) mass is 180 g/mol. The van der Waals surface area contributed by atoms with Crippen LogP contribution in [0.25, 0.3) is 0 Å². The fourth-order valence-corrected chi connectivity index (χ4v) is 1.13. The van der Waals surface area contributed by atoms with Crippen LogP contribution >= 0.6 is 0 Å². The topological polar surface area (TPSA) is 61.3 Å². The van der Waals surface area contributed by atoms with Gasteiger partial charge >= 0.3 is 0 Å². The van der Waals surface area contributed by atoms with Gasteiger partial charge in [-0.15, -0.1) is 0 Å². The number of hydrogen-bond acceptors (Lipinski definition) is 3. The zero-order valence-electron chi connectivity index (χ0n) is 8.08. The number of rotatable bonds is 3. The molecule has 0 saturated carbocycles. The van der Waals surface area contributed by atoms with Gasteiger partial charge in [-0.3, -0.25) is 0 Å². The maximum absolute atomic E-state index is 5.62. The minimum atomic E-state index is 0.161. The third-order valence-electron chi connectivity index (χ3n) is 1.67. The van der Waals surface area contributed by atoms with E-state index in [2.05, 4.69) is 0 Å². The van der Waals surface area contributed by atoms with E-state index in [0.717, 1.165) is 17.0 Å². The summed E-state index contributed by atoms with van der Waals surface area (Å²) in [5, 5.41) is 0. The van der Waals surface area contributed by atoms with Gasteiger partial charge in [0.2, 0.25) is 0 Å². The molecule has 3 heteroatoms. The van der Waals surface area contributed by atoms with Gasteiger partial charge in [0.05, 0.1) is 6.10 Å². The average molecular weight is 180 g/mol. The SMILES string of the molecule is CC(C)Oc1ccc(N)cc1CN. The summed E-state index contributed by atoms with van der Waals surface area (Å²) in [5.74, 6) is 0.826. The quantitative estimate of drug-likeness (QED) is 0.693. The van der Waals surface area contributed by atoms with Crippen molar-refractivity contribution in [1.82, 2.24) is 0 Å². The van der Waals surface area contributed by atoms with Crippen molar-refractivity contribution >= 4 is 5.69 Å². The Kier molecular flexibility index (Phi) is 3.14. The highest BCUT2D eigenvalue weighted by molar-refractivity contribution is 5.47. The van der Waals surface area contributed by atoms with E-state index in [1.807, 2.05) is 32.0 Å². The van der Waals surface area contributed by atoms with E-state index in [1.54, 1.807) is 0 Å². The summed E-state index contributed by atoms with van der Waals surface area (Å²) in [6.07, 6.45) is 0.161. The zero-order valence-corrected chi connectivity index (χ0v) is 8.08. The zero-order chi connectivity index (χ0) is 9.84. The van der Waals surface area contributed by atoms with Crippen molar-refractivity contribution in [2.75, 3.05) is 5.73 Å². The van der Waals surface area contributed by atoms with E-state index < -0.39 is 0 Å². The largest absolute Gasteiger partial charge is 0.491 e. The molecule has 0 aliphatic carbocycles. The minimum absolute atomic E-state index is 0.161. The molecule has 3 nitrogen and oxygen atoms in total. The molecule has 1 aromatic rings. The summed E-state index contributed by atoms with van der Waals surface area (Å²) in [6.45, 7) is 4.42. The van der Waals surface area contributed by atoms with Gasteiger partial charge < -0.3 is 16.2 Å². The van der Waals surface area contributed by atoms with Gasteiger partial charge in [-0.25, -0.2) is 0 Å². The second-order valence-electron chi connectivity index (χ2n) is 3.24. The molecule has 0 atom stereocenters. The molecule has 0 unspecified atom stereocenters. The molecule has 1 rings (SSSR count). The van der Waals surface area contributed by atoms with Crippen molar-refractivity contribution in [3.8, 4) is 5.75 Å². The lowest BCUT2D eigenvalue weighted by molar-refractivity contribution is 0.240. The van der Waals surface area contributed by atoms with E-state index >= 15 is 0 Å². The van der Waals surface area contributed by atoms with Gasteiger partial charge in [-0.1, -0.05) is 0 Å². The van der Waals surface area contributed by atoms with Crippen LogP contribution < -0.4 is 16.2 Å². The molecule has 72 valence electrons. The second-order valence-corrected chi connectivity index (χ2v) is 3.24. The van der Waals surface area contributed by atoms with Crippen LogP contribution in [0.2, 0.25) is 0 Å². The third-order valence-corrected chi connectivity index (χ3v) is 1.67. The molecule has 0 aromatic heterocycles. The summed E-state index contributed by atoms with van der Waals surface area (Å²) in [5.41, 5.74) is 12.9. The average Bonchev–Trinajstić information content (AvgIpc) is 2.07. The van der Waals surface area contributed by atoms with Crippen LogP contribution in [-0.2, 0) is 6.54 Å². The van der Waals surface area contributed by atoms with E-state index in [9.17, 15) is 0 Å². The molecule has 0 saturated heterocycles. The Bertz CT molecular complexity index is 284. The number of hydrogen-bond donors (Lipinski definition) is 2. The Morgan fingerprint density at radius 3 is 2.62 bits per heavy atom. The van der Waals surface area contributed by atoms with Crippen LogP contribution in [0.5, 0.6) is 5.75 Å². The highest BCUT2D eigenvalue weighted by atomic mass is 16.5. The predicted octanol–water partition coefficient (Wildman–Crippen LogP) is 1.51. The van der Waals surface area contributed by atoms with Crippen LogP contribution in [0.15, 0.2) is 18.2 Å². The summed E-state index contributed by atoms with van der Waals surface area (Å²) >= 11 is 0. The van der Waals surface area contributed by atoms with Crippen LogP contribution in [0.4, 0.5) is 5.69 Å². The van der Waals surface area contributed by atoms with Gasteiger partial charge in [0, 0.05) is 17.8 Å². The van der Waals surface area contributed by atoms with Crippen molar-refractivity contribution in [3.05, 3.63) is 23.8 Å². The van der Waals surface area contributed by atoms with Crippen molar-refractivity contribution in [2.24, 2.45) is 5.73 Å². The van der Waals surface area contributed by atoms with Crippen LogP contribution in [0.1, 0.15) is 19.4 Å². The van der Waals surface area contributed by atoms with Crippen molar-refractivity contribution < 1.29 is 4.74 Å². The smallest absolute Gasteiger partial charge is 0.124 e. The molecule has 0 amide bonds. The van der Waals surface area contributed by atoms with E-state index in [4.69, 9.17) is 16.2 Å². The van der Waals surface area contributed by atoms with Gasteiger partial charge in [0.25, 0.3) is 0 Å². The number of benzene rings is 1. The van der Waals surface area contributed by atoms with Crippen molar-refractivity contribution in [1.29, 1.82) is 0 Å². The van der Waals surface area contributed by atoms with Gasteiger partial charge in [0.1, 0.15) is 5.75 Å². The number of ether oxygens (including phenoxy) is 1. The lowest BCUT2D eigenvalue weighted by Crippen LogP contribution is -2.09. The summed E-state index contributed by atoms with van der Waals surface area (Å²) in [6, 6.07) is 5.52. The van der Waals surface area contributed by atoms with Crippen LogP contribution in [-0.4, -0.2) is 6.10 Å². The first kappa shape index (κ1) is 9.86. The Labute approximate surface area is 78.7 Å². The van der Waals surface area contributed by atoms with Gasteiger partial charge in [-0.05, 0) is 32.0 Å². The van der Waals surface area contributed by atoms with Crippen LogP contribution in [0.3, 0.4) is 0 Å². The first-order valence-electron chi connectivity index (χ1n) is 4.38. The Balaban J connectivity index is 2.92. The van der Waals surface area contributed by atoms with Crippen molar-refractivity contribution in [3.63, 3.8) is 0 Å². The summed E-state index contributed by atoms with van der Waals surface area (Å²) in [7, 11) is 0. The highest BCUT2D eigenvalue weighted by Gasteiger charge is 2.03. The Hall–Kier alpha value is -1.22. The molecule has 0 fully saturated rings. The third kappa shape index (κ3) is 2.63. The van der Waals surface area contributed by atoms with E-state index in [0.29, 0.717) is 6.54 Å². The number of anilines is 1. The first-order valence-corrected chi connectivity index (χ1v) is 4.38. The fraction of sp³-hybridized carbons (Fsp3) is 0.400. The molecule has 0 heterocycles. The van der Waals surface area contributed by atoms with E-state index in [1.165, 1.54) is 0 Å². The maximum atomic E-state index is 5.62. The normalized spacial score (nSPS) is 10.5. The van der Waals surface area contributed by atoms with Gasteiger partial charge in [0.15, 0.2) is 0 Å². The molecule has 0 aliphatic rings. The highest BCUT2D eigenvalue weighted by Crippen LogP contribution is 2.21. The molecule has 4 N–H and O–H groups in total. The molecule has 13 heavy (non-hydrogen) atoms. The molecule has 0 bridgehead atoms. The predicted molar refractivity (Wildman–Crippen MR) is 54.5 cm³/mol. The maximum Gasteiger partial charge on any atom is 0.124 e. The molecule has 0 aliphatic heterocycles. The van der Waals surface area contributed by atoms with Gasteiger partial charge in [-0.2, -0.15) is 0 Å². The standard InChI is InChI=1S/C10H16N2O/c1-7(2)13-10-4-3-9(12)5-8(10)6-11/h3-5,7H,6,11-12H2,1-2H3. The summed E-state index contributed by atoms with van der Waals surface area (Å²) in [4.78, 5) is 0. The number of nitrogens with two attached hydrogens (primary N) is 2. The van der Waals surface area contributed by atoms with E-state index in [-0.39, 0.29) is 6.10 Å². The minimum Gasteiger partial charge on any atom is -0.491 e. The molecule has 1 aromatic carbocycles. The molecule has 0 spiro atoms. The molecular weight excluding hydrogens is 164 g/mol. The Morgan fingerprint density at radius 1 is 1.38 bits per heavy atom. The van der Waals surface area contributed by atoms with Crippen LogP contribution in [0, 0.1) is 0 Å². The Morgan fingerprint density at radius 2 is 2.08 bits per heavy atom. The number of nitrogen functional groups attached to an aromatic ring is 1. The molecular formula is C10H16N2O. The molecule has 0 radical (unpaired) electrons. The lowest BCUT2D eigenvalue weighted by atomic mass is 10.2. The lowest BCUT2D eigenvalue weighted by Gasteiger charge is -2.13. The van der Waals surface area contributed by atoms with Crippen molar-refractivity contribution in [2.45, 2.75) is 26.5 Å².